The van der Waals surface area contributed by atoms with Crippen molar-refractivity contribution in [2.75, 3.05) is 0 Å². The van der Waals surface area contributed by atoms with Gasteiger partial charge in [-0.15, -0.1) is 10.2 Å². The molecule has 1 amide bonds. The molecule has 24 heavy (non-hydrogen) atoms. The highest BCUT2D eigenvalue weighted by molar-refractivity contribution is 5.94. The number of H-pyrrole nitrogens is 1. The van der Waals surface area contributed by atoms with Gasteiger partial charge in [-0.25, -0.2) is 4.39 Å². The summed E-state index contributed by atoms with van der Waals surface area (Å²) in [5.74, 6) is 0.0123. The summed E-state index contributed by atoms with van der Waals surface area (Å²) >= 11 is 0. The van der Waals surface area contributed by atoms with Crippen LogP contribution < -0.4 is 5.32 Å². The summed E-state index contributed by atoms with van der Waals surface area (Å²) in [6, 6.07) is 11.6. The van der Waals surface area contributed by atoms with E-state index < -0.39 is 0 Å². The molecule has 0 aliphatic heterocycles. The summed E-state index contributed by atoms with van der Waals surface area (Å²) in [5, 5.41) is 16.7. The number of rotatable bonds is 3. The average molecular weight is 323 g/mol. The monoisotopic (exact) mass is 323 g/mol. The normalized spacial score (nSPS) is 16.0. The number of halogens is 1. The molecule has 120 valence electrons. The number of tetrazole rings is 1. The topological polar surface area (TPSA) is 83.6 Å². The molecule has 1 aromatic heterocycles. The highest BCUT2D eigenvalue weighted by Crippen LogP contribution is 2.31. The van der Waals surface area contributed by atoms with Crippen molar-refractivity contribution in [3.05, 3.63) is 65.0 Å². The molecule has 0 fully saturated rings. The van der Waals surface area contributed by atoms with Crippen LogP contribution in [-0.2, 0) is 6.42 Å². The number of nitrogens with one attached hydrogen (secondary N) is 2. The molecule has 1 atom stereocenters. The van der Waals surface area contributed by atoms with Crippen LogP contribution in [0.4, 0.5) is 4.39 Å². The number of amides is 1. The zero-order valence-electron chi connectivity index (χ0n) is 12.7. The Morgan fingerprint density at radius 2 is 2.04 bits per heavy atom. The zero-order valence-corrected chi connectivity index (χ0v) is 12.7. The van der Waals surface area contributed by atoms with Crippen LogP contribution in [0.5, 0.6) is 0 Å². The van der Waals surface area contributed by atoms with Crippen molar-refractivity contribution < 1.29 is 9.18 Å². The first-order valence-electron chi connectivity index (χ1n) is 7.64. The molecule has 0 radical (unpaired) electrons. The standard InChI is InChI=1S/C17H14FN5O/c18-13-7-5-10-6-8-15(14(10)9-13)19-17(24)12-3-1-11(2-4-12)16-20-22-23-21-16/h1-5,7,9,15H,6,8H2,(H,19,24)(H,20,21,22,23). The fraction of sp³-hybridized carbons (Fsp3) is 0.176. The van der Waals surface area contributed by atoms with Crippen molar-refractivity contribution in [3.8, 4) is 11.4 Å². The summed E-state index contributed by atoms with van der Waals surface area (Å²) in [7, 11) is 0. The molecule has 1 heterocycles. The van der Waals surface area contributed by atoms with Crippen molar-refractivity contribution >= 4 is 5.91 Å². The second kappa shape index (κ2) is 5.84. The van der Waals surface area contributed by atoms with E-state index in [-0.39, 0.29) is 17.8 Å². The van der Waals surface area contributed by atoms with Gasteiger partial charge in [0.2, 0.25) is 5.82 Å². The van der Waals surface area contributed by atoms with Gasteiger partial charge in [0.15, 0.2) is 0 Å². The molecule has 6 nitrogen and oxygen atoms in total. The lowest BCUT2D eigenvalue weighted by Gasteiger charge is -2.14. The smallest absolute Gasteiger partial charge is 0.251 e. The van der Waals surface area contributed by atoms with E-state index in [0.29, 0.717) is 11.4 Å². The Hall–Kier alpha value is -3.09. The van der Waals surface area contributed by atoms with Gasteiger partial charge in [0, 0.05) is 11.1 Å². The lowest BCUT2D eigenvalue weighted by molar-refractivity contribution is 0.0936. The highest BCUT2D eigenvalue weighted by atomic mass is 19.1. The van der Waals surface area contributed by atoms with Gasteiger partial charge in [-0.3, -0.25) is 4.79 Å². The van der Waals surface area contributed by atoms with Gasteiger partial charge in [0.05, 0.1) is 6.04 Å². The van der Waals surface area contributed by atoms with Crippen molar-refractivity contribution in [1.82, 2.24) is 25.9 Å². The number of carbonyl (C=O) groups excluding carboxylic acids is 1. The van der Waals surface area contributed by atoms with Crippen molar-refractivity contribution in [2.45, 2.75) is 18.9 Å². The van der Waals surface area contributed by atoms with Gasteiger partial charge in [0.1, 0.15) is 5.82 Å². The molecule has 0 saturated heterocycles. The van der Waals surface area contributed by atoms with Crippen LogP contribution in [0.25, 0.3) is 11.4 Å². The predicted octanol–water partition coefficient (Wildman–Crippen LogP) is 2.42. The molecule has 1 aliphatic rings. The van der Waals surface area contributed by atoms with Gasteiger partial charge >= 0.3 is 0 Å². The van der Waals surface area contributed by atoms with Gasteiger partial charge in [-0.1, -0.05) is 18.2 Å². The summed E-state index contributed by atoms with van der Waals surface area (Å²) in [4.78, 5) is 12.4. The molecule has 2 aromatic carbocycles. The van der Waals surface area contributed by atoms with Gasteiger partial charge in [-0.05, 0) is 53.4 Å². The van der Waals surface area contributed by atoms with Crippen LogP contribution in [-0.4, -0.2) is 26.5 Å². The van der Waals surface area contributed by atoms with E-state index in [1.807, 2.05) is 0 Å². The minimum Gasteiger partial charge on any atom is -0.345 e. The number of fused-ring (bicyclic) bond motifs is 1. The van der Waals surface area contributed by atoms with E-state index in [4.69, 9.17) is 0 Å². The molecule has 7 heteroatoms. The molecular weight excluding hydrogens is 309 g/mol. The highest BCUT2D eigenvalue weighted by Gasteiger charge is 2.24. The molecule has 2 N–H and O–H groups in total. The molecule has 0 bridgehead atoms. The number of nitrogens with zero attached hydrogens (tertiary/aromatic N) is 3. The first-order chi connectivity index (χ1) is 11.7. The fourth-order valence-corrected chi connectivity index (χ4v) is 3.02. The van der Waals surface area contributed by atoms with Crippen LogP contribution >= 0.6 is 0 Å². The molecular formula is C17H14FN5O. The Bertz CT molecular complexity index is 877. The van der Waals surface area contributed by atoms with E-state index in [1.54, 1.807) is 30.3 Å². The minimum atomic E-state index is -0.278. The third kappa shape index (κ3) is 2.64. The fourth-order valence-electron chi connectivity index (χ4n) is 3.02. The number of carbonyl (C=O) groups is 1. The Morgan fingerprint density at radius 3 is 2.79 bits per heavy atom. The van der Waals surface area contributed by atoms with Crippen LogP contribution in [0.15, 0.2) is 42.5 Å². The lowest BCUT2D eigenvalue weighted by atomic mass is 10.1. The minimum absolute atomic E-state index is 0.153. The third-order valence-electron chi connectivity index (χ3n) is 4.24. The Morgan fingerprint density at radius 1 is 1.21 bits per heavy atom. The van der Waals surface area contributed by atoms with Crippen molar-refractivity contribution in [3.63, 3.8) is 0 Å². The van der Waals surface area contributed by atoms with Crippen LogP contribution in [0.2, 0.25) is 0 Å². The summed E-state index contributed by atoms with van der Waals surface area (Å²) < 4.78 is 13.4. The average Bonchev–Trinajstić information content (AvgIpc) is 3.25. The van der Waals surface area contributed by atoms with Crippen LogP contribution in [0.3, 0.4) is 0 Å². The number of aryl methyl sites for hydroxylation is 1. The SMILES string of the molecule is O=C(NC1CCc2ccc(F)cc21)c1ccc(-c2nn[nH]n2)cc1. The van der Waals surface area contributed by atoms with Gasteiger partial charge in [-0.2, -0.15) is 5.21 Å². The predicted molar refractivity (Wildman–Crippen MR) is 84.5 cm³/mol. The number of aromatic amines is 1. The maximum Gasteiger partial charge on any atom is 0.251 e. The first kappa shape index (κ1) is 14.5. The maximum atomic E-state index is 13.4. The number of benzene rings is 2. The van der Waals surface area contributed by atoms with E-state index in [2.05, 4.69) is 25.9 Å². The Kier molecular flexibility index (Phi) is 3.53. The van der Waals surface area contributed by atoms with Crippen molar-refractivity contribution in [2.24, 2.45) is 0 Å². The largest absolute Gasteiger partial charge is 0.345 e. The molecule has 4 rings (SSSR count). The lowest BCUT2D eigenvalue weighted by Crippen LogP contribution is -2.27. The quantitative estimate of drug-likeness (QED) is 0.775. The summed E-state index contributed by atoms with van der Waals surface area (Å²) in [6.45, 7) is 0. The third-order valence-corrected chi connectivity index (χ3v) is 4.24. The number of aromatic nitrogens is 4. The Labute approximate surface area is 137 Å². The second-order valence-electron chi connectivity index (χ2n) is 5.72. The molecule has 1 aliphatic carbocycles. The van der Waals surface area contributed by atoms with Crippen LogP contribution in [0, 0.1) is 5.82 Å². The number of hydrogen-bond acceptors (Lipinski definition) is 4. The molecule has 0 saturated carbocycles. The summed E-state index contributed by atoms with van der Waals surface area (Å²) in [6.07, 6.45) is 1.63. The molecule has 3 aromatic rings. The molecule has 0 spiro atoms. The first-order valence-corrected chi connectivity index (χ1v) is 7.64. The van der Waals surface area contributed by atoms with E-state index in [0.717, 1.165) is 29.5 Å². The van der Waals surface area contributed by atoms with Gasteiger partial charge < -0.3 is 5.32 Å². The number of hydrogen-bond donors (Lipinski definition) is 2. The van der Waals surface area contributed by atoms with E-state index >= 15 is 0 Å². The summed E-state index contributed by atoms with van der Waals surface area (Å²) in [5.41, 5.74) is 3.27. The Balaban J connectivity index is 1.50. The van der Waals surface area contributed by atoms with Crippen LogP contribution in [0.1, 0.15) is 33.9 Å². The second-order valence-corrected chi connectivity index (χ2v) is 5.72. The van der Waals surface area contributed by atoms with Gasteiger partial charge in [0.25, 0.3) is 5.91 Å². The molecule has 1 unspecified atom stereocenters. The van der Waals surface area contributed by atoms with E-state index in [9.17, 15) is 9.18 Å². The van der Waals surface area contributed by atoms with Crippen molar-refractivity contribution in [1.29, 1.82) is 0 Å². The van der Waals surface area contributed by atoms with E-state index in [1.165, 1.54) is 12.1 Å². The maximum absolute atomic E-state index is 13.4. The zero-order chi connectivity index (χ0) is 16.5.